The van der Waals surface area contributed by atoms with Crippen LogP contribution in [0.1, 0.15) is 16.7 Å². The van der Waals surface area contributed by atoms with Crippen molar-refractivity contribution in [1.82, 2.24) is 0 Å². The van der Waals surface area contributed by atoms with E-state index in [4.69, 9.17) is 11.6 Å². The van der Waals surface area contributed by atoms with Crippen LogP contribution in [0.4, 0.5) is 8.78 Å². The largest absolute Gasteiger partial charge is 0.207 e. The molecule has 0 fully saturated rings. The summed E-state index contributed by atoms with van der Waals surface area (Å²) in [6.45, 7) is 1.96. The van der Waals surface area contributed by atoms with Crippen LogP contribution in [-0.2, 0) is 12.8 Å². The molecule has 0 aliphatic carbocycles. The highest BCUT2D eigenvalue weighted by molar-refractivity contribution is 6.18. The van der Waals surface area contributed by atoms with Gasteiger partial charge in [0.2, 0.25) is 0 Å². The summed E-state index contributed by atoms with van der Waals surface area (Å²) < 4.78 is 26.5. The molecule has 0 aromatic heterocycles. The number of rotatable bonds is 5. The zero-order valence-electron chi connectivity index (χ0n) is 11.4. The van der Waals surface area contributed by atoms with Crippen molar-refractivity contribution in [2.45, 2.75) is 19.8 Å². The summed E-state index contributed by atoms with van der Waals surface area (Å²) >= 11 is 6.01. The first kappa shape index (κ1) is 15.0. The number of hydrogen-bond donors (Lipinski definition) is 0. The van der Waals surface area contributed by atoms with Gasteiger partial charge in [0.1, 0.15) is 11.6 Å². The monoisotopic (exact) mass is 294 g/mol. The second-order valence-electron chi connectivity index (χ2n) is 5.13. The van der Waals surface area contributed by atoms with Crippen LogP contribution in [0.2, 0.25) is 0 Å². The lowest BCUT2D eigenvalue weighted by Crippen LogP contribution is -2.11. The van der Waals surface area contributed by atoms with Gasteiger partial charge in [0.25, 0.3) is 0 Å². The maximum absolute atomic E-state index is 13.3. The van der Waals surface area contributed by atoms with Crippen LogP contribution in [0.25, 0.3) is 0 Å². The molecule has 0 radical (unpaired) electrons. The topological polar surface area (TPSA) is 0 Å². The molecule has 2 aromatic rings. The minimum atomic E-state index is -0.238. The molecule has 0 amide bonds. The van der Waals surface area contributed by atoms with E-state index in [0.717, 1.165) is 16.7 Å². The van der Waals surface area contributed by atoms with Crippen molar-refractivity contribution in [3.8, 4) is 0 Å². The van der Waals surface area contributed by atoms with Crippen LogP contribution < -0.4 is 0 Å². The van der Waals surface area contributed by atoms with Gasteiger partial charge in [0.15, 0.2) is 0 Å². The molecule has 1 unspecified atom stereocenters. The average Bonchev–Trinajstić information content (AvgIpc) is 2.42. The highest BCUT2D eigenvalue weighted by Crippen LogP contribution is 2.20. The Labute approximate surface area is 123 Å². The zero-order valence-corrected chi connectivity index (χ0v) is 12.1. The van der Waals surface area contributed by atoms with E-state index in [-0.39, 0.29) is 17.6 Å². The van der Waals surface area contributed by atoms with Gasteiger partial charge in [-0.25, -0.2) is 8.78 Å². The lowest BCUT2D eigenvalue weighted by Gasteiger charge is -2.16. The first-order valence-electron chi connectivity index (χ1n) is 6.64. The summed E-state index contributed by atoms with van der Waals surface area (Å²) in [5, 5.41) is 0. The second kappa shape index (κ2) is 6.85. The van der Waals surface area contributed by atoms with Gasteiger partial charge < -0.3 is 0 Å². The molecule has 0 nitrogen and oxygen atoms in total. The van der Waals surface area contributed by atoms with E-state index in [9.17, 15) is 8.78 Å². The van der Waals surface area contributed by atoms with Crippen molar-refractivity contribution in [3.63, 3.8) is 0 Å². The van der Waals surface area contributed by atoms with Crippen LogP contribution >= 0.6 is 11.6 Å². The van der Waals surface area contributed by atoms with Crippen molar-refractivity contribution < 1.29 is 8.78 Å². The highest BCUT2D eigenvalue weighted by Gasteiger charge is 2.12. The first-order chi connectivity index (χ1) is 9.58. The molecule has 0 spiro atoms. The quantitative estimate of drug-likeness (QED) is 0.687. The average molecular weight is 295 g/mol. The first-order valence-corrected chi connectivity index (χ1v) is 7.17. The number of benzene rings is 2. The van der Waals surface area contributed by atoms with E-state index in [1.54, 1.807) is 18.2 Å². The molecule has 0 saturated carbocycles. The van der Waals surface area contributed by atoms with Gasteiger partial charge in [-0.15, -0.1) is 11.6 Å². The van der Waals surface area contributed by atoms with E-state index in [1.165, 1.54) is 18.2 Å². The standard InChI is InChI=1S/C17H17ClF2/c1-12-5-6-17(20)10-15(12)8-14(11-18)7-13-3-2-4-16(19)9-13/h2-6,9-10,14H,7-8,11H2,1H3. The number of aryl methyl sites for hydroxylation is 1. The molecule has 3 heteroatoms. The van der Waals surface area contributed by atoms with Gasteiger partial charge >= 0.3 is 0 Å². The molecule has 2 aromatic carbocycles. The van der Waals surface area contributed by atoms with Gasteiger partial charge in [-0.05, 0) is 66.6 Å². The zero-order chi connectivity index (χ0) is 14.5. The van der Waals surface area contributed by atoms with Crippen LogP contribution in [0.3, 0.4) is 0 Å². The summed E-state index contributed by atoms with van der Waals surface area (Å²) in [5.41, 5.74) is 2.94. The number of alkyl halides is 1. The Morgan fingerprint density at radius 2 is 1.75 bits per heavy atom. The van der Waals surface area contributed by atoms with Crippen LogP contribution in [0, 0.1) is 24.5 Å². The molecule has 0 heterocycles. The fourth-order valence-corrected chi connectivity index (χ4v) is 2.57. The van der Waals surface area contributed by atoms with E-state index < -0.39 is 0 Å². The van der Waals surface area contributed by atoms with Crippen molar-refractivity contribution in [2.24, 2.45) is 5.92 Å². The molecule has 2 rings (SSSR count). The predicted octanol–water partition coefficient (Wildman–Crippen LogP) is 4.91. The van der Waals surface area contributed by atoms with Crippen LogP contribution in [0.15, 0.2) is 42.5 Å². The molecule has 0 saturated heterocycles. The minimum Gasteiger partial charge on any atom is -0.207 e. The Morgan fingerprint density at radius 1 is 1.00 bits per heavy atom. The summed E-state index contributed by atoms with van der Waals surface area (Å²) in [6, 6.07) is 11.3. The fraction of sp³-hybridized carbons (Fsp3) is 0.294. The third-order valence-corrected chi connectivity index (χ3v) is 3.89. The SMILES string of the molecule is Cc1ccc(F)cc1CC(CCl)Cc1cccc(F)c1. The molecular formula is C17H17ClF2. The van der Waals surface area contributed by atoms with Crippen molar-refractivity contribution >= 4 is 11.6 Å². The number of halogens is 3. The Hall–Kier alpha value is -1.41. The molecule has 0 bridgehead atoms. The third kappa shape index (κ3) is 4.04. The Morgan fingerprint density at radius 3 is 2.45 bits per heavy atom. The molecular weight excluding hydrogens is 278 g/mol. The third-order valence-electron chi connectivity index (χ3n) is 3.45. The molecule has 106 valence electrons. The van der Waals surface area contributed by atoms with Crippen LogP contribution in [-0.4, -0.2) is 5.88 Å². The van der Waals surface area contributed by atoms with E-state index >= 15 is 0 Å². The van der Waals surface area contributed by atoms with Gasteiger partial charge in [-0.2, -0.15) is 0 Å². The van der Waals surface area contributed by atoms with Gasteiger partial charge in [0.05, 0.1) is 0 Å². The molecule has 0 aliphatic heterocycles. The van der Waals surface area contributed by atoms with Crippen molar-refractivity contribution in [1.29, 1.82) is 0 Å². The van der Waals surface area contributed by atoms with E-state index in [0.29, 0.717) is 18.7 Å². The van der Waals surface area contributed by atoms with Gasteiger partial charge in [-0.1, -0.05) is 18.2 Å². The van der Waals surface area contributed by atoms with E-state index in [2.05, 4.69) is 0 Å². The Bertz CT molecular complexity index is 581. The Balaban J connectivity index is 2.11. The van der Waals surface area contributed by atoms with E-state index in [1.807, 2.05) is 13.0 Å². The summed E-state index contributed by atoms with van der Waals surface area (Å²) in [5.74, 6) is 0.160. The smallest absolute Gasteiger partial charge is 0.123 e. The maximum Gasteiger partial charge on any atom is 0.123 e. The summed E-state index contributed by atoms with van der Waals surface area (Å²) in [7, 11) is 0. The Kier molecular flexibility index (Phi) is 5.13. The fourth-order valence-electron chi connectivity index (χ4n) is 2.35. The normalized spacial score (nSPS) is 12.4. The van der Waals surface area contributed by atoms with Gasteiger partial charge in [-0.3, -0.25) is 0 Å². The molecule has 0 N–H and O–H groups in total. The second-order valence-corrected chi connectivity index (χ2v) is 5.44. The minimum absolute atomic E-state index is 0.166. The van der Waals surface area contributed by atoms with Gasteiger partial charge in [0, 0.05) is 5.88 Å². The molecule has 1 atom stereocenters. The molecule has 0 aliphatic rings. The van der Waals surface area contributed by atoms with Crippen LogP contribution in [0.5, 0.6) is 0 Å². The van der Waals surface area contributed by atoms with Crippen molar-refractivity contribution in [3.05, 3.63) is 70.8 Å². The predicted molar refractivity (Wildman–Crippen MR) is 79.2 cm³/mol. The molecule has 20 heavy (non-hydrogen) atoms. The summed E-state index contributed by atoms with van der Waals surface area (Å²) in [4.78, 5) is 0. The van der Waals surface area contributed by atoms with Crippen molar-refractivity contribution in [2.75, 3.05) is 5.88 Å². The lowest BCUT2D eigenvalue weighted by atomic mass is 9.92. The highest BCUT2D eigenvalue weighted by atomic mass is 35.5. The lowest BCUT2D eigenvalue weighted by molar-refractivity contribution is 0.569. The summed E-state index contributed by atoms with van der Waals surface area (Å²) in [6.07, 6.45) is 1.39. The maximum atomic E-state index is 13.3. The number of hydrogen-bond acceptors (Lipinski definition) is 0.